The highest BCUT2D eigenvalue weighted by atomic mass is 16.5. The smallest absolute Gasteiger partial charge is 0.273 e. The zero-order chi connectivity index (χ0) is 18.0. The van der Waals surface area contributed by atoms with Crippen LogP contribution in [0.15, 0.2) is 41.1 Å². The van der Waals surface area contributed by atoms with Crippen LogP contribution in [0, 0.1) is 13.8 Å². The molecule has 0 fully saturated rings. The number of aromatic nitrogens is 3. The van der Waals surface area contributed by atoms with Gasteiger partial charge in [0.15, 0.2) is 11.5 Å². The number of carbonyl (C=O) groups is 1. The number of aryl methyl sites for hydroxylation is 2. The fraction of sp³-hybridized carbons (Fsp3) is 0.316. The Balaban J connectivity index is 1.73. The van der Waals surface area contributed by atoms with Crippen molar-refractivity contribution >= 4 is 5.91 Å². The van der Waals surface area contributed by atoms with Crippen molar-refractivity contribution in [3.63, 3.8) is 0 Å². The first-order valence-corrected chi connectivity index (χ1v) is 8.36. The van der Waals surface area contributed by atoms with Crippen molar-refractivity contribution in [3.8, 4) is 11.3 Å². The van der Waals surface area contributed by atoms with E-state index < -0.39 is 0 Å². The molecule has 6 nitrogen and oxygen atoms in total. The largest absolute Gasteiger partial charge is 0.355 e. The summed E-state index contributed by atoms with van der Waals surface area (Å²) in [4.78, 5) is 12.5. The number of amides is 1. The molecule has 2 heterocycles. The summed E-state index contributed by atoms with van der Waals surface area (Å²) >= 11 is 0. The molecule has 6 heteroatoms. The van der Waals surface area contributed by atoms with Crippen LogP contribution < -0.4 is 5.32 Å². The van der Waals surface area contributed by atoms with E-state index in [4.69, 9.17) is 4.52 Å². The van der Waals surface area contributed by atoms with Gasteiger partial charge < -0.3 is 9.84 Å². The molecule has 0 saturated heterocycles. The third-order valence-corrected chi connectivity index (χ3v) is 4.33. The second kappa shape index (κ2) is 6.93. The number of rotatable bonds is 5. The Hall–Kier alpha value is -2.89. The molecule has 3 aromatic rings. The van der Waals surface area contributed by atoms with Crippen molar-refractivity contribution in [2.45, 2.75) is 40.3 Å². The van der Waals surface area contributed by atoms with Crippen LogP contribution in [-0.4, -0.2) is 20.8 Å². The molecule has 3 rings (SSSR count). The van der Waals surface area contributed by atoms with E-state index in [1.54, 1.807) is 12.3 Å². The zero-order valence-corrected chi connectivity index (χ0v) is 14.9. The fourth-order valence-corrected chi connectivity index (χ4v) is 2.79. The van der Waals surface area contributed by atoms with Crippen LogP contribution in [0.2, 0.25) is 0 Å². The lowest BCUT2D eigenvalue weighted by atomic mass is 10.1. The quantitative estimate of drug-likeness (QED) is 0.770. The lowest BCUT2D eigenvalue weighted by Crippen LogP contribution is -2.27. The van der Waals surface area contributed by atoms with Crippen LogP contribution in [0.1, 0.15) is 47.2 Å². The molecule has 1 N–H and O–H groups in total. The normalized spacial score (nSPS) is 12.2. The first-order chi connectivity index (χ1) is 12.0. The lowest BCUT2D eigenvalue weighted by molar-refractivity contribution is 0.0930. The van der Waals surface area contributed by atoms with Gasteiger partial charge in [0.2, 0.25) is 0 Å². The molecule has 1 amide bonds. The van der Waals surface area contributed by atoms with Crippen LogP contribution >= 0.6 is 0 Å². The van der Waals surface area contributed by atoms with Crippen molar-refractivity contribution < 1.29 is 9.32 Å². The molecule has 2 aromatic heterocycles. The molecule has 25 heavy (non-hydrogen) atoms. The number of hydrogen-bond donors (Lipinski definition) is 1. The van der Waals surface area contributed by atoms with E-state index in [1.165, 1.54) is 0 Å². The van der Waals surface area contributed by atoms with Gasteiger partial charge in [-0.1, -0.05) is 35.0 Å². The van der Waals surface area contributed by atoms with E-state index in [0.29, 0.717) is 5.76 Å². The summed E-state index contributed by atoms with van der Waals surface area (Å²) in [5, 5.41) is 11.2. The third-order valence-electron chi connectivity index (χ3n) is 4.33. The number of nitrogens with one attached hydrogen (secondary N) is 1. The average molecular weight is 338 g/mol. The van der Waals surface area contributed by atoms with Gasteiger partial charge in [-0.15, -0.1) is 0 Å². The maximum absolute atomic E-state index is 12.5. The van der Waals surface area contributed by atoms with Gasteiger partial charge in [0.1, 0.15) is 0 Å². The van der Waals surface area contributed by atoms with Crippen LogP contribution in [0.25, 0.3) is 11.3 Å². The third kappa shape index (κ3) is 3.47. The molecule has 1 aromatic carbocycles. The lowest BCUT2D eigenvalue weighted by Gasteiger charge is -2.12. The average Bonchev–Trinajstić information content (AvgIpc) is 3.22. The highest BCUT2D eigenvalue weighted by Gasteiger charge is 2.19. The Bertz CT molecular complexity index is 877. The Kier molecular flexibility index (Phi) is 4.70. The van der Waals surface area contributed by atoms with Gasteiger partial charge in [0.25, 0.3) is 5.91 Å². The molecule has 0 aliphatic heterocycles. The Labute approximate surface area is 146 Å². The molecule has 0 bridgehead atoms. The second-order valence-corrected chi connectivity index (χ2v) is 6.14. The van der Waals surface area contributed by atoms with Crippen molar-refractivity contribution in [1.82, 2.24) is 20.3 Å². The summed E-state index contributed by atoms with van der Waals surface area (Å²) < 4.78 is 7.22. The predicted molar refractivity (Wildman–Crippen MR) is 95.2 cm³/mol. The molecule has 130 valence electrons. The SMILES string of the molecule is CCn1ncc(C(C)NC(=O)c2cc(-c3ccc(C)cc3)on2)c1C. The van der Waals surface area contributed by atoms with E-state index in [0.717, 1.165) is 28.9 Å². The number of carbonyl (C=O) groups excluding carboxylic acids is 1. The van der Waals surface area contributed by atoms with Crippen LogP contribution in [0.5, 0.6) is 0 Å². The molecule has 1 atom stereocenters. The molecule has 0 aliphatic rings. The van der Waals surface area contributed by atoms with Crippen LogP contribution in [0.4, 0.5) is 0 Å². The Morgan fingerprint density at radius 2 is 2.00 bits per heavy atom. The van der Waals surface area contributed by atoms with Crippen molar-refractivity contribution in [3.05, 3.63) is 59.0 Å². The highest BCUT2D eigenvalue weighted by Crippen LogP contribution is 2.22. The van der Waals surface area contributed by atoms with E-state index >= 15 is 0 Å². The minimum atomic E-state index is -0.265. The summed E-state index contributed by atoms with van der Waals surface area (Å²) in [5.74, 6) is 0.311. The van der Waals surface area contributed by atoms with Gasteiger partial charge in [0, 0.05) is 29.4 Å². The zero-order valence-electron chi connectivity index (χ0n) is 14.9. The van der Waals surface area contributed by atoms with E-state index in [1.807, 2.05) is 56.6 Å². The van der Waals surface area contributed by atoms with Crippen LogP contribution in [-0.2, 0) is 6.54 Å². The summed E-state index contributed by atoms with van der Waals surface area (Å²) in [5.41, 5.74) is 4.37. The van der Waals surface area contributed by atoms with Crippen LogP contribution in [0.3, 0.4) is 0 Å². The van der Waals surface area contributed by atoms with Crippen molar-refractivity contribution in [1.29, 1.82) is 0 Å². The first kappa shape index (κ1) is 17.0. The Morgan fingerprint density at radius 3 is 2.64 bits per heavy atom. The maximum Gasteiger partial charge on any atom is 0.273 e. The molecule has 0 saturated carbocycles. The van der Waals surface area contributed by atoms with Gasteiger partial charge in [0.05, 0.1) is 12.2 Å². The first-order valence-electron chi connectivity index (χ1n) is 8.36. The van der Waals surface area contributed by atoms with Gasteiger partial charge in [-0.25, -0.2) is 0 Å². The van der Waals surface area contributed by atoms with Gasteiger partial charge in [-0.05, 0) is 27.7 Å². The summed E-state index contributed by atoms with van der Waals surface area (Å²) in [6.07, 6.45) is 1.80. The van der Waals surface area contributed by atoms with Crippen molar-refractivity contribution in [2.75, 3.05) is 0 Å². The van der Waals surface area contributed by atoms with E-state index in [9.17, 15) is 4.79 Å². The summed E-state index contributed by atoms with van der Waals surface area (Å²) in [6.45, 7) is 8.79. The molecular weight excluding hydrogens is 316 g/mol. The molecule has 0 aliphatic carbocycles. The standard InChI is InChI=1S/C19H22N4O2/c1-5-23-14(4)16(11-20-23)13(3)21-19(24)17-10-18(25-22-17)15-8-6-12(2)7-9-15/h6-11,13H,5H2,1-4H3,(H,21,24). The Morgan fingerprint density at radius 1 is 1.28 bits per heavy atom. The monoisotopic (exact) mass is 338 g/mol. The predicted octanol–water partition coefficient (Wildman–Crippen LogP) is 3.67. The van der Waals surface area contributed by atoms with E-state index in [-0.39, 0.29) is 17.6 Å². The van der Waals surface area contributed by atoms with Gasteiger partial charge in [-0.2, -0.15) is 5.10 Å². The number of nitrogens with zero attached hydrogens (tertiary/aromatic N) is 3. The van der Waals surface area contributed by atoms with Crippen molar-refractivity contribution in [2.24, 2.45) is 0 Å². The molecule has 1 unspecified atom stereocenters. The van der Waals surface area contributed by atoms with Gasteiger partial charge >= 0.3 is 0 Å². The topological polar surface area (TPSA) is 73.0 Å². The summed E-state index contributed by atoms with van der Waals surface area (Å²) in [6, 6.07) is 9.38. The van der Waals surface area contributed by atoms with E-state index in [2.05, 4.69) is 15.6 Å². The second-order valence-electron chi connectivity index (χ2n) is 6.14. The number of hydrogen-bond acceptors (Lipinski definition) is 4. The molecule has 0 spiro atoms. The minimum absolute atomic E-state index is 0.160. The minimum Gasteiger partial charge on any atom is -0.355 e. The maximum atomic E-state index is 12.5. The molecular formula is C19H22N4O2. The fourth-order valence-electron chi connectivity index (χ4n) is 2.79. The molecule has 0 radical (unpaired) electrons. The number of benzene rings is 1. The van der Waals surface area contributed by atoms with Gasteiger partial charge in [-0.3, -0.25) is 9.48 Å². The summed E-state index contributed by atoms with van der Waals surface area (Å²) in [7, 11) is 0. The highest BCUT2D eigenvalue weighted by molar-refractivity contribution is 5.93.